The molecular formula is C17H27FN2O. The second kappa shape index (κ2) is 7.12. The lowest BCUT2D eigenvalue weighted by Gasteiger charge is -2.41. The number of rotatable bonds is 6. The highest BCUT2D eigenvalue weighted by molar-refractivity contribution is 5.51. The van der Waals surface area contributed by atoms with Crippen LogP contribution in [-0.4, -0.2) is 19.2 Å². The summed E-state index contributed by atoms with van der Waals surface area (Å²) in [6.45, 7) is 2.76. The summed E-state index contributed by atoms with van der Waals surface area (Å²) in [7, 11) is 1.59. The van der Waals surface area contributed by atoms with Crippen molar-refractivity contribution in [3.8, 4) is 5.75 Å². The van der Waals surface area contributed by atoms with E-state index in [-0.39, 0.29) is 11.4 Å². The van der Waals surface area contributed by atoms with E-state index in [2.05, 4.69) is 12.2 Å². The average Bonchev–Trinajstić information content (AvgIpc) is 2.52. The van der Waals surface area contributed by atoms with E-state index in [0.29, 0.717) is 18.0 Å². The summed E-state index contributed by atoms with van der Waals surface area (Å²) in [5.41, 5.74) is 6.32. The topological polar surface area (TPSA) is 47.3 Å². The normalized spacial score (nSPS) is 25.6. The predicted octanol–water partition coefficient (Wildman–Crippen LogP) is 3.93. The first-order valence-corrected chi connectivity index (χ1v) is 7.94. The van der Waals surface area contributed by atoms with Gasteiger partial charge in [-0.3, -0.25) is 0 Å². The molecule has 2 rings (SSSR count). The van der Waals surface area contributed by atoms with Crippen molar-refractivity contribution in [3.63, 3.8) is 0 Å². The van der Waals surface area contributed by atoms with Crippen molar-refractivity contribution >= 4 is 5.69 Å². The van der Waals surface area contributed by atoms with Crippen molar-refractivity contribution in [1.29, 1.82) is 0 Å². The van der Waals surface area contributed by atoms with Crippen molar-refractivity contribution in [2.75, 3.05) is 19.0 Å². The molecular weight excluding hydrogens is 267 g/mol. The second-order valence-corrected chi connectivity index (χ2v) is 6.19. The molecule has 1 aliphatic carbocycles. The fourth-order valence-electron chi connectivity index (χ4n) is 3.32. The molecule has 4 heteroatoms. The maximum atomic E-state index is 14.0. The number of nitrogens with one attached hydrogen (secondary N) is 1. The zero-order chi connectivity index (χ0) is 15.3. The molecule has 21 heavy (non-hydrogen) atoms. The van der Waals surface area contributed by atoms with Gasteiger partial charge in [0, 0.05) is 18.2 Å². The van der Waals surface area contributed by atoms with Gasteiger partial charge in [0.1, 0.15) is 11.6 Å². The first-order chi connectivity index (χ1) is 10.1. The van der Waals surface area contributed by atoms with E-state index in [4.69, 9.17) is 10.5 Å². The Kier molecular flexibility index (Phi) is 5.45. The van der Waals surface area contributed by atoms with Crippen LogP contribution in [0.2, 0.25) is 0 Å². The van der Waals surface area contributed by atoms with E-state index < -0.39 is 0 Å². The average molecular weight is 294 g/mol. The number of nitrogens with two attached hydrogens (primary N) is 1. The molecule has 0 atom stereocenters. The number of hydrogen-bond acceptors (Lipinski definition) is 3. The van der Waals surface area contributed by atoms with E-state index in [1.165, 1.54) is 31.7 Å². The third-order valence-electron chi connectivity index (χ3n) is 4.72. The lowest BCUT2D eigenvalue weighted by atomic mass is 9.75. The van der Waals surface area contributed by atoms with Gasteiger partial charge in [0.15, 0.2) is 0 Å². The Morgan fingerprint density at radius 3 is 2.67 bits per heavy atom. The summed E-state index contributed by atoms with van der Waals surface area (Å²) in [5.74, 6) is 1.21. The van der Waals surface area contributed by atoms with Crippen molar-refractivity contribution in [2.24, 2.45) is 11.7 Å². The molecule has 1 saturated carbocycles. The Balaban J connectivity index is 2.09. The van der Waals surface area contributed by atoms with Crippen molar-refractivity contribution in [1.82, 2.24) is 0 Å². The summed E-state index contributed by atoms with van der Waals surface area (Å²) >= 11 is 0. The molecule has 0 radical (unpaired) electrons. The van der Waals surface area contributed by atoms with E-state index in [0.717, 1.165) is 18.8 Å². The monoisotopic (exact) mass is 294 g/mol. The molecule has 0 heterocycles. The van der Waals surface area contributed by atoms with E-state index in [1.807, 2.05) is 0 Å². The molecule has 1 aromatic rings. The van der Waals surface area contributed by atoms with Crippen molar-refractivity contribution < 1.29 is 9.13 Å². The van der Waals surface area contributed by atoms with Crippen LogP contribution in [0.5, 0.6) is 5.75 Å². The highest BCUT2D eigenvalue weighted by Gasteiger charge is 2.34. The molecule has 1 aromatic carbocycles. The van der Waals surface area contributed by atoms with Crippen LogP contribution in [0.15, 0.2) is 18.2 Å². The van der Waals surface area contributed by atoms with Crippen LogP contribution in [0.3, 0.4) is 0 Å². The largest absolute Gasteiger partial charge is 0.497 e. The first kappa shape index (κ1) is 16.1. The summed E-state index contributed by atoms with van der Waals surface area (Å²) in [5, 5.41) is 3.37. The summed E-state index contributed by atoms with van der Waals surface area (Å²) in [4.78, 5) is 0. The number of halogens is 1. The number of ether oxygens (including phenoxy) is 1. The van der Waals surface area contributed by atoms with Crippen LogP contribution in [0.4, 0.5) is 10.1 Å². The van der Waals surface area contributed by atoms with Crippen LogP contribution in [0, 0.1) is 11.7 Å². The van der Waals surface area contributed by atoms with Gasteiger partial charge in [-0.05, 0) is 43.7 Å². The molecule has 0 spiro atoms. The lowest BCUT2D eigenvalue weighted by Crippen LogP contribution is -2.48. The number of methoxy groups -OCH3 is 1. The molecule has 1 aliphatic rings. The zero-order valence-electron chi connectivity index (χ0n) is 13.1. The standard InChI is InChI=1S/C17H27FN2O/c1-3-4-13-7-9-17(12-19,10-8-13)20-16-11-14(21-2)5-6-15(16)18/h5-6,11,13,20H,3-4,7-10,12,19H2,1-2H3. The van der Waals surface area contributed by atoms with Crippen LogP contribution >= 0.6 is 0 Å². The Bertz CT molecular complexity index is 456. The quantitative estimate of drug-likeness (QED) is 0.835. The van der Waals surface area contributed by atoms with E-state index in [1.54, 1.807) is 19.2 Å². The van der Waals surface area contributed by atoms with Crippen molar-refractivity contribution in [3.05, 3.63) is 24.0 Å². The number of benzene rings is 1. The van der Waals surface area contributed by atoms with Gasteiger partial charge in [0.05, 0.1) is 12.8 Å². The van der Waals surface area contributed by atoms with E-state index in [9.17, 15) is 4.39 Å². The Labute approximate surface area is 127 Å². The lowest BCUT2D eigenvalue weighted by molar-refractivity contribution is 0.247. The molecule has 0 aromatic heterocycles. The van der Waals surface area contributed by atoms with Crippen LogP contribution in [0.25, 0.3) is 0 Å². The third kappa shape index (κ3) is 3.88. The molecule has 3 nitrogen and oxygen atoms in total. The molecule has 0 amide bonds. The minimum Gasteiger partial charge on any atom is -0.497 e. The maximum Gasteiger partial charge on any atom is 0.146 e. The van der Waals surface area contributed by atoms with Gasteiger partial charge in [-0.2, -0.15) is 0 Å². The molecule has 1 fully saturated rings. The molecule has 0 unspecified atom stereocenters. The Morgan fingerprint density at radius 2 is 2.10 bits per heavy atom. The smallest absolute Gasteiger partial charge is 0.146 e. The minimum absolute atomic E-state index is 0.183. The van der Waals surface area contributed by atoms with Gasteiger partial charge in [0.25, 0.3) is 0 Å². The maximum absolute atomic E-state index is 14.0. The molecule has 0 bridgehead atoms. The number of hydrogen-bond donors (Lipinski definition) is 2. The van der Waals surface area contributed by atoms with Gasteiger partial charge in [-0.25, -0.2) is 4.39 Å². The van der Waals surface area contributed by atoms with Gasteiger partial charge in [0.2, 0.25) is 0 Å². The van der Waals surface area contributed by atoms with Gasteiger partial charge in [-0.1, -0.05) is 19.8 Å². The number of anilines is 1. The fourth-order valence-corrected chi connectivity index (χ4v) is 3.32. The first-order valence-electron chi connectivity index (χ1n) is 7.94. The third-order valence-corrected chi connectivity index (χ3v) is 4.72. The van der Waals surface area contributed by atoms with Gasteiger partial charge < -0.3 is 15.8 Å². The molecule has 0 saturated heterocycles. The van der Waals surface area contributed by atoms with Crippen LogP contribution in [-0.2, 0) is 0 Å². The highest BCUT2D eigenvalue weighted by Crippen LogP contribution is 2.37. The molecule has 118 valence electrons. The summed E-state index contributed by atoms with van der Waals surface area (Å²) in [6.07, 6.45) is 6.87. The van der Waals surface area contributed by atoms with Crippen LogP contribution < -0.4 is 15.8 Å². The SMILES string of the molecule is CCCC1CCC(CN)(Nc2cc(OC)ccc2F)CC1. The molecule has 0 aliphatic heterocycles. The van der Waals surface area contributed by atoms with Crippen LogP contribution in [0.1, 0.15) is 45.4 Å². The van der Waals surface area contributed by atoms with E-state index >= 15 is 0 Å². The Morgan fingerprint density at radius 1 is 1.38 bits per heavy atom. The predicted molar refractivity (Wildman–Crippen MR) is 85.2 cm³/mol. The highest BCUT2D eigenvalue weighted by atomic mass is 19.1. The minimum atomic E-state index is -0.251. The zero-order valence-corrected chi connectivity index (χ0v) is 13.1. The Hall–Kier alpha value is -1.29. The van der Waals surface area contributed by atoms with Gasteiger partial charge >= 0.3 is 0 Å². The fraction of sp³-hybridized carbons (Fsp3) is 0.647. The van der Waals surface area contributed by atoms with Crippen molar-refractivity contribution in [2.45, 2.75) is 51.0 Å². The summed E-state index contributed by atoms with van der Waals surface area (Å²) < 4.78 is 19.2. The van der Waals surface area contributed by atoms with Gasteiger partial charge in [-0.15, -0.1) is 0 Å². The second-order valence-electron chi connectivity index (χ2n) is 6.19. The summed E-state index contributed by atoms with van der Waals surface area (Å²) in [6, 6.07) is 4.78. The molecule has 3 N–H and O–H groups in total.